The Labute approximate surface area is 331 Å². The fourth-order valence-electron chi connectivity index (χ4n) is 5.62. The standard InChI is InChI=1S/C33H34N4O4.C11H16N2.C2H6/c1-4-37(5-2)27-18-16-26(17-19-27)32-35-30(24-10-8-22(9-11-24)7-6-20-38)31(36-32)25-14-12-23(13-15-25)28(34)21-29(39)33(40)41-3;1-12-9-5-6-10-13-11-7-3-2-4-8-11;1-2/h6-20,29,34,39H,4-5,21H2,1-3H3,(H,35,36);2-4,6-8,10,12-13H,5,9H2,1H3;1-2H3/b7-6+,34-28?;10-6+;. The van der Waals surface area contributed by atoms with Gasteiger partial charge in [-0.1, -0.05) is 92.7 Å². The number of methoxy groups -OCH3 is 1. The SMILES string of the molecule is CC.CCN(CC)c1ccc(-c2nc(-c3ccc(C(=N)CC(O)C(=O)OC)cc3)c(-c3ccc(/C=C/C=O)cc3)[nH]2)cc1.CNCC/C=C/Nc1ccccc1. The van der Waals surface area contributed by atoms with E-state index in [0.717, 1.165) is 83.2 Å². The molecule has 1 unspecified atom stereocenters. The van der Waals surface area contributed by atoms with Crippen molar-refractivity contribution in [1.29, 1.82) is 5.41 Å². The zero-order chi connectivity index (χ0) is 40.7. The summed E-state index contributed by atoms with van der Waals surface area (Å²) in [6.07, 6.45) is 7.58. The lowest BCUT2D eigenvalue weighted by Gasteiger charge is -2.20. The van der Waals surface area contributed by atoms with Crippen LogP contribution in [0.15, 0.2) is 121 Å². The van der Waals surface area contributed by atoms with E-state index in [0.29, 0.717) is 5.56 Å². The Kier molecular flexibility index (Phi) is 19.3. The van der Waals surface area contributed by atoms with Crippen molar-refractivity contribution in [2.75, 3.05) is 44.0 Å². The molecule has 10 heteroatoms. The number of esters is 1. The minimum atomic E-state index is -1.38. The highest BCUT2D eigenvalue weighted by Gasteiger charge is 2.20. The number of aromatic nitrogens is 2. The van der Waals surface area contributed by atoms with E-state index in [-0.39, 0.29) is 12.1 Å². The molecular weight excluding hydrogens is 701 g/mol. The van der Waals surface area contributed by atoms with Gasteiger partial charge in [0.05, 0.1) is 18.5 Å². The molecule has 0 amide bonds. The second kappa shape index (κ2) is 24.3. The number of aromatic amines is 1. The summed E-state index contributed by atoms with van der Waals surface area (Å²) in [4.78, 5) is 33.1. The van der Waals surface area contributed by atoms with Crippen LogP contribution in [0.25, 0.3) is 40.0 Å². The maximum absolute atomic E-state index is 11.6. The highest BCUT2D eigenvalue weighted by Crippen LogP contribution is 2.34. The summed E-state index contributed by atoms with van der Waals surface area (Å²) < 4.78 is 4.56. The van der Waals surface area contributed by atoms with Gasteiger partial charge in [-0.15, -0.1) is 0 Å². The molecule has 5 N–H and O–H groups in total. The molecular formula is C46H56N6O4. The molecule has 0 aliphatic heterocycles. The second-order valence-electron chi connectivity index (χ2n) is 12.2. The van der Waals surface area contributed by atoms with Crippen LogP contribution >= 0.6 is 0 Å². The number of aliphatic hydroxyl groups excluding tert-OH is 1. The average Bonchev–Trinajstić information content (AvgIpc) is 3.70. The fraction of sp³-hybridized carbons (Fsp3) is 0.261. The molecule has 56 heavy (non-hydrogen) atoms. The summed E-state index contributed by atoms with van der Waals surface area (Å²) in [5, 5.41) is 24.5. The van der Waals surface area contributed by atoms with Crippen molar-refractivity contribution in [1.82, 2.24) is 15.3 Å². The molecule has 0 radical (unpaired) electrons. The van der Waals surface area contributed by atoms with Gasteiger partial charge in [0.2, 0.25) is 0 Å². The summed E-state index contributed by atoms with van der Waals surface area (Å²) in [5.41, 5.74) is 8.22. The highest BCUT2D eigenvalue weighted by atomic mass is 16.5. The van der Waals surface area contributed by atoms with Gasteiger partial charge < -0.3 is 35.8 Å². The predicted octanol–water partition coefficient (Wildman–Crippen LogP) is 9.01. The molecule has 1 aromatic heterocycles. The van der Waals surface area contributed by atoms with Crippen LogP contribution in [0.2, 0.25) is 0 Å². The van der Waals surface area contributed by atoms with Crippen LogP contribution in [0.5, 0.6) is 0 Å². The van der Waals surface area contributed by atoms with Crippen LogP contribution in [-0.2, 0) is 14.3 Å². The molecule has 1 heterocycles. The first kappa shape index (κ1) is 44.3. The smallest absolute Gasteiger partial charge is 0.335 e. The van der Waals surface area contributed by atoms with E-state index in [9.17, 15) is 14.7 Å². The minimum Gasteiger partial charge on any atom is -0.467 e. The number of ether oxygens (including phenoxy) is 1. The van der Waals surface area contributed by atoms with E-state index >= 15 is 0 Å². The molecule has 0 aliphatic rings. The maximum Gasteiger partial charge on any atom is 0.335 e. The first-order chi connectivity index (χ1) is 27.3. The number of H-pyrrole nitrogens is 1. The van der Waals surface area contributed by atoms with Crippen molar-refractivity contribution in [2.24, 2.45) is 0 Å². The molecule has 0 saturated carbocycles. The summed E-state index contributed by atoms with van der Waals surface area (Å²) in [7, 11) is 3.16. The third-order valence-electron chi connectivity index (χ3n) is 8.62. The van der Waals surface area contributed by atoms with E-state index in [1.807, 2.05) is 93.8 Å². The number of carbonyl (C=O) groups is 2. The summed E-state index contributed by atoms with van der Waals surface area (Å²) in [6, 6.07) is 33.6. The molecule has 0 aliphatic carbocycles. The van der Waals surface area contributed by atoms with Crippen LogP contribution < -0.4 is 15.5 Å². The number of nitrogens with zero attached hydrogens (tertiary/aromatic N) is 2. The van der Waals surface area contributed by atoms with Gasteiger partial charge in [-0.25, -0.2) is 9.78 Å². The number of benzene rings is 4. The zero-order valence-corrected chi connectivity index (χ0v) is 33.4. The average molecular weight is 757 g/mol. The van der Waals surface area contributed by atoms with Crippen molar-refractivity contribution in [3.63, 3.8) is 0 Å². The van der Waals surface area contributed by atoms with Crippen molar-refractivity contribution < 1.29 is 19.4 Å². The lowest BCUT2D eigenvalue weighted by molar-refractivity contribution is -0.149. The van der Waals surface area contributed by atoms with Crippen molar-refractivity contribution in [3.05, 3.63) is 133 Å². The number of imidazole rings is 1. The molecule has 0 saturated heterocycles. The molecule has 0 bridgehead atoms. The van der Waals surface area contributed by atoms with Gasteiger partial charge in [0.1, 0.15) is 12.1 Å². The van der Waals surface area contributed by atoms with Crippen LogP contribution in [0.4, 0.5) is 11.4 Å². The Bertz CT molecular complexity index is 1970. The van der Waals surface area contributed by atoms with E-state index in [1.54, 1.807) is 18.2 Å². The minimum absolute atomic E-state index is 0.129. The molecule has 4 aromatic carbocycles. The van der Waals surface area contributed by atoms with Crippen molar-refractivity contribution in [2.45, 2.75) is 46.6 Å². The van der Waals surface area contributed by atoms with E-state index in [1.165, 1.54) is 13.2 Å². The molecule has 1 atom stereocenters. The summed E-state index contributed by atoms with van der Waals surface area (Å²) in [6.45, 7) is 11.1. The number of hydrogen-bond donors (Lipinski definition) is 5. The quantitative estimate of drug-likeness (QED) is 0.0208. The normalized spacial score (nSPS) is 11.2. The molecule has 5 rings (SSSR count). The number of carbonyl (C=O) groups excluding carboxylic acids is 2. The van der Waals surface area contributed by atoms with Crippen molar-refractivity contribution >= 4 is 35.4 Å². The number of aliphatic hydroxyl groups is 1. The summed E-state index contributed by atoms with van der Waals surface area (Å²) >= 11 is 0. The van der Waals surface area contributed by atoms with Gasteiger partial charge in [0, 0.05) is 53.3 Å². The van der Waals surface area contributed by atoms with E-state index < -0.39 is 12.1 Å². The van der Waals surface area contributed by atoms with Crippen LogP contribution in [0, 0.1) is 5.41 Å². The van der Waals surface area contributed by atoms with E-state index in [4.69, 9.17) is 10.4 Å². The third-order valence-corrected chi connectivity index (χ3v) is 8.62. The Morgan fingerprint density at radius 1 is 0.911 bits per heavy atom. The van der Waals surface area contributed by atoms with E-state index in [2.05, 4.69) is 69.4 Å². The number of anilines is 2. The number of allylic oxidation sites excluding steroid dienone is 1. The lowest BCUT2D eigenvalue weighted by Crippen LogP contribution is -2.25. The lowest BCUT2D eigenvalue weighted by atomic mass is 9.99. The van der Waals surface area contributed by atoms with Crippen LogP contribution in [0.3, 0.4) is 0 Å². The van der Waals surface area contributed by atoms with Gasteiger partial charge >= 0.3 is 5.97 Å². The number of hydrogen-bond acceptors (Lipinski definition) is 9. The first-order valence-electron chi connectivity index (χ1n) is 19.0. The van der Waals surface area contributed by atoms with Gasteiger partial charge in [-0.3, -0.25) is 4.79 Å². The monoisotopic (exact) mass is 756 g/mol. The Balaban J connectivity index is 0.000000472. The Hall–Kier alpha value is -6.10. The third kappa shape index (κ3) is 13.3. The summed E-state index contributed by atoms with van der Waals surface area (Å²) in [5.74, 6) is -0.0399. The number of para-hydroxylation sites is 1. The zero-order valence-electron chi connectivity index (χ0n) is 33.4. The van der Waals surface area contributed by atoms with Gasteiger partial charge in [-0.05, 0) is 93.7 Å². The molecule has 294 valence electrons. The molecule has 0 spiro atoms. The second-order valence-corrected chi connectivity index (χ2v) is 12.2. The molecule has 5 aromatic rings. The number of nitrogens with one attached hydrogen (secondary N) is 4. The highest BCUT2D eigenvalue weighted by molar-refractivity contribution is 6.01. The first-order valence-corrected chi connectivity index (χ1v) is 19.0. The maximum atomic E-state index is 11.6. The van der Waals surface area contributed by atoms with Gasteiger partial charge in [-0.2, -0.15) is 0 Å². The van der Waals surface area contributed by atoms with Gasteiger partial charge in [0.25, 0.3) is 0 Å². The molecule has 10 nitrogen and oxygen atoms in total. The Morgan fingerprint density at radius 2 is 1.54 bits per heavy atom. The van der Waals surface area contributed by atoms with Crippen molar-refractivity contribution in [3.8, 4) is 33.9 Å². The van der Waals surface area contributed by atoms with Crippen LogP contribution in [-0.4, -0.2) is 72.9 Å². The van der Waals surface area contributed by atoms with Gasteiger partial charge in [0.15, 0.2) is 6.10 Å². The topological polar surface area (TPSA) is 143 Å². The predicted molar refractivity (Wildman–Crippen MR) is 232 cm³/mol. The largest absolute Gasteiger partial charge is 0.467 e. The Morgan fingerprint density at radius 3 is 2.12 bits per heavy atom. The molecule has 0 fully saturated rings. The number of rotatable bonds is 17. The van der Waals surface area contributed by atoms with Crippen LogP contribution in [0.1, 0.15) is 51.7 Å². The fourth-order valence-corrected chi connectivity index (χ4v) is 5.62. The number of aldehydes is 1.